The normalized spacial score (nSPS) is 26.1. The van der Waals surface area contributed by atoms with Crippen molar-refractivity contribution in [1.82, 2.24) is 19.7 Å². The highest BCUT2D eigenvalue weighted by Crippen LogP contribution is 2.21. The summed E-state index contributed by atoms with van der Waals surface area (Å²) in [7, 11) is 0. The summed E-state index contributed by atoms with van der Waals surface area (Å²) in [6.07, 6.45) is 4.93. The van der Waals surface area contributed by atoms with Gasteiger partial charge in [0, 0.05) is 19.1 Å². The van der Waals surface area contributed by atoms with Gasteiger partial charge in [-0.15, -0.1) is 0 Å². The summed E-state index contributed by atoms with van der Waals surface area (Å²) < 4.78 is 1.60. The Morgan fingerprint density at radius 3 is 3.00 bits per heavy atom. The van der Waals surface area contributed by atoms with E-state index in [9.17, 15) is 4.79 Å². The van der Waals surface area contributed by atoms with Crippen molar-refractivity contribution in [1.29, 1.82) is 0 Å². The van der Waals surface area contributed by atoms with Gasteiger partial charge in [-0.2, -0.15) is 5.10 Å². The molecule has 1 aliphatic rings. The lowest BCUT2D eigenvalue weighted by Gasteiger charge is -2.37. The summed E-state index contributed by atoms with van der Waals surface area (Å²) in [6.45, 7) is 5.48. The maximum Gasteiger partial charge on any atom is 0.247 e. The van der Waals surface area contributed by atoms with Crippen molar-refractivity contribution in [3.63, 3.8) is 0 Å². The van der Waals surface area contributed by atoms with Crippen LogP contribution in [0.4, 0.5) is 0 Å². The third kappa shape index (κ3) is 2.53. The zero-order valence-corrected chi connectivity index (χ0v) is 11.0. The van der Waals surface area contributed by atoms with E-state index in [1.165, 1.54) is 6.33 Å². The predicted molar refractivity (Wildman–Crippen MR) is 67.7 cm³/mol. The van der Waals surface area contributed by atoms with Crippen LogP contribution in [0.2, 0.25) is 0 Å². The molecule has 0 bridgehead atoms. The molecule has 1 fully saturated rings. The molecule has 0 saturated carbocycles. The number of carbonyl (C=O) groups is 1. The van der Waals surface area contributed by atoms with Crippen molar-refractivity contribution in [2.24, 2.45) is 11.7 Å². The highest BCUT2D eigenvalue weighted by Gasteiger charge is 2.30. The van der Waals surface area contributed by atoms with Crippen LogP contribution in [0.5, 0.6) is 0 Å². The molecule has 3 unspecified atom stereocenters. The Balaban J connectivity index is 2.01. The second kappa shape index (κ2) is 5.48. The van der Waals surface area contributed by atoms with E-state index >= 15 is 0 Å². The Kier molecular flexibility index (Phi) is 3.96. The van der Waals surface area contributed by atoms with E-state index in [4.69, 9.17) is 5.73 Å². The first-order valence-corrected chi connectivity index (χ1v) is 6.52. The molecule has 1 amide bonds. The predicted octanol–water partition coefficient (Wildman–Crippen LogP) is 0.425. The molecule has 3 atom stereocenters. The van der Waals surface area contributed by atoms with E-state index in [0.717, 1.165) is 25.9 Å². The van der Waals surface area contributed by atoms with Crippen LogP contribution in [0.3, 0.4) is 0 Å². The summed E-state index contributed by atoms with van der Waals surface area (Å²) in [5, 5.41) is 4.02. The highest BCUT2D eigenvalue weighted by atomic mass is 16.2. The first-order valence-electron chi connectivity index (χ1n) is 6.52. The van der Waals surface area contributed by atoms with Gasteiger partial charge in [0.25, 0.3) is 0 Å². The molecular weight excluding hydrogens is 230 g/mol. The van der Waals surface area contributed by atoms with E-state index in [1.807, 2.05) is 11.8 Å². The summed E-state index contributed by atoms with van der Waals surface area (Å²) in [6, 6.07) is -0.0694. The first-order chi connectivity index (χ1) is 8.63. The van der Waals surface area contributed by atoms with E-state index in [-0.39, 0.29) is 18.0 Å². The fraction of sp³-hybridized carbons (Fsp3) is 0.750. The number of hydrogen-bond donors (Lipinski definition) is 1. The van der Waals surface area contributed by atoms with Crippen LogP contribution >= 0.6 is 0 Å². The number of piperidine rings is 1. The van der Waals surface area contributed by atoms with Crippen molar-refractivity contribution in [2.45, 2.75) is 38.8 Å². The molecule has 1 aliphatic heterocycles. The molecule has 1 aromatic heterocycles. The maximum atomic E-state index is 12.4. The highest BCUT2D eigenvalue weighted by molar-refractivity contribution is 5.80. The van der Waals surface area contributed by atoms with Gasteiger partial charge in [0.1, 0.15) is 18.7 Å². The smallest absolute Gasteiger partial charge is 0.247 e. The SMILES string of the molecule is CCC1CN(C(=O)C(C)n2cncn2)CCC1N. The number of nitrogens with two attached hydrogens (primary N) is 1. The van der Waals surface area contributed by atoms with Gasteiger partial charge in [0.05, 0.1) is 0 Å². The largest absolute Gasteiger partial charge is 0.340 e. The van der Waals surface area contributed by atoms with Crippen LogP contribution in [0.25, 0.3) is 0 Å². The van der Waals surface area contributed by atoms with Crippen molar-refractivity contribution in [3.8, 4) is 0 Å². The topological polar surface area (TPSA) is 77.0 Å². The lowest BCUT2D eigenvalue weighted by Crippen LogP contribution is -2.50. The fourth-order valence-electron chi connectivity index (χ4n) is 2.48. The van der Waals surface area contributed by atoms with Crippen LogP contribution in [0.15, 0.2) is 12.7 Å². The van der Waals surface area contributed by atoms with E-state index in [1.54, 1.807) is 11.0 Å². The number of likely N-dealkylation sites (tertiary alicyclic amines) is 1. The minimum absolute atomic E-state index is 0.103. The summed E-state index contributed by atoms with van der Waals surface area (Å²) >= 11 is 0. The average Bonchev–Trinajstić information content (AvgIpc) is 2.91. The van der Waals surface area contributed by atoms with Gasteiger partial charge in [0.15, 0.2) is 0 Å². The molecule has 2 heterocycles. The lowest BCUT2D eigenvalue weighted by molar-refractivity contribution is -0.136. The Hall–Kier alpha value is -1.43. The first kappa shape index (κ1) is 13.0. The van der Waals surface area contributed by atoms with Crippen molar-refractivity contribution >= 4 is 5.91 Å². The molecule has 18 heavy (non-hydrogen) atoms. The van der Waals surface area contributed by atoms with Gasteiger partial charge in [-0.1, -0.05) is 13.3 Å². The van der Waals surface area contributed by atoms with Crippen molar-refractivity contribution in [2.75, 3.05) is 13.1 Å². The molecular formula is C12H21N5O. The quantitative estimate of drug-likeness (QED) is 0.845. The molecule has 1 aromatic rings. The average molecular weight is 251 g/mol. The Morgan fingerprint density at radius 2 is 2.39 bits per heavy atom. The number of rotatable bonds is 3. The Labute approximate surface area is 107 Å². The van der Waals surface area contributed by atoms with Gasteiger partial charge >= 0.3 is 0 Å². The van der Waals surface area contributed by atoms with Gasteiger partial charge in [-0.05, 0) is 19.3 Å². The molecule has 0 aliphatic carbocycles. The van der Waals surface area contributed by atoms with Crippen LogP contribution in [-0.4, -0.2) is 44.7 Å². The fourth-order valence-corrected chi connectivity index (χ4v) is 2.48. The number of amides is 1. The van der Waals surface area contributed by atoms with Crippen LogP contribution in [-0.2, 0) is 4.79 Å². The van der Waals surface area contributed by atoms with E-state index < -0.39 is 0 Å². The van der Waals surface area contributed by atoms with Crippen LogP contribution < -0.4 is 5.73 Å². The van der Waals surface area contributed by atoms with Gasteiger partial charge in [-0.3, -0.25) is 4.79 Å². The van der Waals surface area contributed by atoms with E-state index in [0.29, 0.717) is 5.92 Å². The molecule has 0 aromatic carbocycles. The van der Waals surface area contributed by atoms with Gasteiger partial charge < -0.3 is 10.6 Å². The second-order valence-corrected chi connectivity index (χ2v) is 4.96. The third-order valence-electron chi connectivity index (χ3n) is 3.82. The summed E-state index contributed by atoms with van der Waals surface area (Å²) in [4.78, 5) is 18.1. The zero-order valence-electron chi connectivity index (χ0n) is 11.0. The standard InChI is InChI=1S/C12H21N5O/c1-3-10-6-16(5-4-11(10)13)12(18)9(2)17-8-14-7-15-17/h7-11H,3-6,13H2,1-2H3. The summed E-state index contributed by atoms with van der Waals surface area (Å²) in [5.41, 5.74) is 6.06. The summed E-state index contributed by atoms with van der Waals surface area (Å²) in [5.74, 6) is 0.511. The van der Waals surface area contributed by atoms with E-state index in [2.05, 4.69) is 17.0 Å². The second-order valence-electron chi connectivity index (χ2n) is 4.96. The van der Waals surface area contributed by atoms with Crippen LogP contribution in [0, 0.1) is 5.92 Å². The minimum atomic E-state index is -0.292. The Bertz CT molecular complexity index is 391. The number of nitrogens with zero attached hydrogens (tertiary/aromatic N) is 4. The molecule has 0 spiro atoms. The van der Waals surface area contributed by atoms with Crippen LogP contribution in [0.1, 0.15) is 32.7 Å². The number of aromatic nitrogens is 3. The molecule has 2 N–H and O–H groups in total. The Morgan fingerprint density at radius 1 is 1.61 bits per heavy atom. The molecule has 100 valence electrons. The van der Waals surface area contributed by atoms with Gasteiger partial charge in [-0.25, -0.2) is 9.67 Å². The number of carbonyl (C=O) groups excluding carboxylic acids is 1. The molecule has 0 radical (unpaired) electrons. The third-order valence-corrected chi connectivity index (χ3v) is 3.82. The maximum absolute atomic E-state index is 12.4. The molecule has 6 heteroatoms. The monoisotopic (exact) mass is 251 g/mol. The molecule has 2 rings (SSSR count). The van der Waals surface area contributed by atoms with Crippen molar-refractivity contribution in [3.05, 3.63) is 12.7 Å². The lowest BCUT2D eigenvalue weighted by atomic mass is 9.90. The zero-order chi connectivity index (χ0) is 13.1. The van der Waals surface area contributed by atoms with Crippen molar-refractivity contribution < 1.29 is 4.79 Å². The molecule has 1 saturated heterocycles. The van der Waals surface area contributed by atoms with Gasteiger partial charge in [0.2, 0.25) is 5.91 Å². The number of hydrogen-bond acceptors (Lipinski definition) is 4. The minimum Gasteiger partial charge on any atom is -0.340 e. The molecule has 6 nitrogen and oxygen atoms in total.